The molecular formula is C15H24O3. The summed E-state index contributed by atoms with van der Waals surface area (Å²) in [5.41, 5.74) is 0.440. The molecule has 0 radical (unpaired) electrons. The van der Waals surface area contributed by atoms with E-state index in [1.807, 2.05) is 13.0 Å². The van der Waals surface area contributed by atoms with Gasteiger partial charge in [-0.25, -0.2) is 0 Å². The van der Waals surface area contributed by atoms with Gasteiger partial charge in [-0.2, -0.15) is 0 Å². The Morgan fingerprint density at radius 2 is 2.00 bits per heavy atom. The predicted molar refractivity (Wildman–Crippen MR) is 71.2 cm³/mol. The van der Waals surface area contributed by atoms with Crippen LogP contribution in [-0.4, -0.2) is 34.1 Å². The molecule has 2 N–H and O–H groups in total. The van der Waals surface area contributed by atoms with Gasteiger partial charge in [-0.05, 0) is 26.3 Å². The van der Waals surface area contributed by atoms with Crippen LogP contribution in [0.3, 0.4) is 0 Å². The van der Waals surface area contributed by atoms with Crippen molar-refractivity contribution in [2.45, 2.75) is 57.8 Å². The lowest BCUT2D eigenvalue weighted by atomic mass is 9.63. The highest BCUT2D eigenvalue weighted by Gasteiger charge is 2.74. The SMILES string of the molecule is CC(C=CC12OC1(C)CC(O)CC2(C)C)=CCO. The summed E-state index contributed by atoms with van der Waals surface area (Å²) in [6.45, 7) is 8.40. The molecule has 1 heterocycles. The minimum atomic E-state index is -0.275. The Morgan fingerprint density at radius 1 is 1.33 bits per heavy atom. The molecule has 1 saturated heterocycles. The van der Waals surface area contributed by atoms with Crippen molar-refractivity contribution >= 4 is 0 Å². The second-order valence-corrected chi connectivity index (χ2v) is 6.48. The Kier molecular flexibility index (Phi) is 3.21. The van der Waals surface area contributed by atoms with E-state index in [1.165, 1.54) is 0 Å². The average molecular weight is 252 g/mol. The number of epoxide rings is 1. The Hall–Kier alpha value is -0.640. The lowest BCUT2D eigenvalue weighted by Gasteiger charge is -2.39. The van der Waals surface area contributed by atoms with E-state index in [9.17, 15) is 5.11 Å². The molecule has 1 aliphatic carbocycles. The summed E-state index contributed by atoms with van der Waals surface area (Å²) in [7, 11) is 0. The topological polar surface area (TPSA) is 53.0 Å². The van der Waals surface area contributed by atoms with Gasteiger partial charge in [0.25, 0.3) is 0 Å². The Bertz CT molecular complexity index is 397. The summed E-state index contributed by atoms with van der Waals surface area (Å²) < 4.78 is 6.03. The highest BCUT2D eigenvalue weighted by Crippen LogP contribution is 2.66. The minimum Gasteiger partial charge on any atom is -0.393 e. The van der Waals surface area contributed by atoms with E-state index in [0.717, 1.165) is 12.0 Å². The van der Waals surface area contributed by atoms with Gasteiger partial charge in [0.15, 0.2) is 0 Å². The summed E-state index contributed by atoms with van der Waals surface area (Å²) in [5.74, 6) is 0. The van der Waals surface area contributed by atoms with Crippen LogP contribution in [-0.2, 0) is 4.74 Å². The molecule has 3 unspecified atom stereocenters. The van der Waals surface area contributed by atoms with Crippen molar-refractivity contribution in [1.29, 1.82) is 0 Å². The lowest BCUT2D eigenvalue weighted by Crippen LogP contribution is -2.46. The predicted octanol–water partition coefficient (Wildman–Crippen LogP) is 2.19. The van der Waals surface area contributed by atoms with Gasteiger partial charge in [0.05, 0.1) is 12.7 Å². The second kappa shape index (κ2) is 4.19. The molecule has 18 heavy (non-hydrogen) atoms. The zero-order valence-corrected chi connectivity index (χ0v) is 11.7. The van der Waals surface area contributed by atoms with Gasteiger partial charge in [-0.1, -0.05) is 31.6 Å². The summed E-state index contributed by atoms with van der Waals surface area (Å²) in [4.78, 5) is 0. The van der Waals surface area contributed by atoms with Gasteiger partial charge in [0, 0.05) is 11.8 Å². The van der Waals surface area contributed by atoms with Gasteiger partial charge >= 0.3 is 0 Å². The number of fused-ring (bicyclic) bond motifs is 1. The summed E-state index contributed by atoms with van der Waals surface area (Å²) in [5, 5.41) is 18.8. The molecule has 2 fully saturated rings. The van der Waals surface area contributed by atoms with Gasteiger partial charge in [0.1, 0.15) is 11.2 Å². The molecule has 102 valence electrons. The fourth-order valence-corrected chi connectivity index (χ4v) is 3.54. The van der Waals surface area contributed by atoms with Crippen molar-refractivity contribution < 1.29 is 14.9 Å². The summed E-state index contributed by atoms with van der Waals surface area (Å²) in [6.07, 6.45) is 7.08. The van der Waals surface area contributed by atoms with Crippen LogP contribution in [0.15, 0.2) is 23.8 Å². The van der Waals surface area contributed by atoms with Crippen LogP contribution in [0.1, 0.15) is 40.5 Å². The molecule has 0 bridgehead atoms. The van der Waals surface area contributed by atoms with E-state index in [4.69, 9.17) is 9.84 Å². The third kappa shape index (κ3) is 1.94. The smallest absolute Gasteiger partial charge is 0.121 e. The number of hydrogen-bond acceptors (Lipinski definition) is 3. The third-order valence-electron chi connectivity index (χ3n) is 4.50. The fourth-order valence-electron chi connectivity index (χ4n) is 3.54. The number of aliphatic hydroxyl groups excluding tert-OH is 2. The van der Waals surface area contributed by atoms with E-state index in [0.29, 0.717) is 6.42 Å². The average Bonchev–Trinajstić information content (AvgIpc) is 2.82. The summed E-state index contributed by atoms with van der Waals surface area (Å²) >= 11 is 0. The lowest BCUT2D eigenvalue weighted by molar-refractivity contribution is 0.0515. The molecule has 0 spiro atoms. The first kappa shape index (κ1) is 13.8. The molecule has 3 heteroatoms. The molecule has 3 atom stereocenters. The molecule has 0 aromatic carbocycles. The van der Waals surface area contributed by atoms with Crippen LogP contribution >= 0.6 is 0 Å². The first-order valence-electron chi connectivity index (χ1n) is 6.61. The molecule has 1 saturated carbocycles. The Balaban J connectivity index is 2.24. The third-order valence-corrected chi connectivity index (χ3v) is 4.50. The first-order valence-corrected chi connectivity index (χ1v) is 6.61. The maximum absolute atomic E-state index is 9.93. The van der Waals surface area contributed by atoms with Crippen LogP contribution in [0.5, 0.6) is 0 Å². The number of aliphatic hydroxyl groups is 2. The quantitative estimate of drug-likeness (QED) is 0.598. The van der Waals surface area contributed by atoms with E-state index < -0.39 is 0 Å². The molecule has 3 nitrogen and oxygen atoms in total. The van der Waals surface area contributed by atoms with Crippen molar-refractivity contribution in [1.82, 2.24) is 0 Å². The minimum absolute atomic E-state index is 0.0589. The van der Waals surface area contributed by atoms with Crippen molar-refractivity contribution in [2.75, 3.05) is 6.61 Å². The van der Waals surface area contributed by atoms with Gasteiger partial charge < -0.3 is 14.9 Å². The number of rotatable bonds is 3. The number of allylic oxidation sites excluding steroid dienone is 2. The van der Waals surface area contributed by atoms with Crippen LogP contribution in [0.4, 0.5) is 0 Å². The maximum atomic E-state index is 9.93. The van der Waals surface area contributed by atoms with E-state index in [1.54, 1.807) is 6.08 Å². The standard InChI is InChI=1S/C15H24O3/c1-11(6-8-16)5-7-15-13(2,3)9-12(17)10-14(15,4)18-15/h5-7,12,16-17H,8-10H2,1-4H3. The molecule has 0 aromatic heterocycles. The monoisotopic (exact) mass is 252 g/mol. The fraction of sp³-hybridized carbons (Fsp3) is 0.733. The first-order chi connectivity index (χ1) is 8.26. The van der Waals surface area contributed by atoms with Gasteiger partial charge in [0.2, 0.25) is 0 Å². The molecule has 1 aliphatic heterocycles. The Labute approximate surface area is 109 Å². The van der Waals surface area contributed by atoms with Gasteiger partial charge in [-0.15, -0.1) is 0 Å². The zero-order valence-electron chi connectivity index (χ0n) is 11.7. The van der Waals surface area contributed by atoms with Crippen LogP contribution < -0.4 is 0 Å². The maximum Gasteiger partial charge on any atom is 0.121 e. The van der Waals surface area contributed by atoms with Crippen LogP contribution in [0, 0.1) is 5.41 Å². The Morgan fingerprint density at radius 3 is 2.56 bits per heavy atom. The highest BCUT2D eigenvalue weighted by molar-refractivity contribution is 5.35. The van der Waals surface area contributed by atoms with E-state index in [-0.39, 0.29) is 29.3 Å². The number of ether oxygens (including phenoxy) is 1. The zero-order chi connectivity index (χ0) is 13.6. The molecule has 0 amide bonds. The van der Waals surface area contributed by atoms with Gasteiger partial charge in [-0.3, -0.25) is 0 Å². The van der Waals surface area contributed by atoms with E-state index >= 15 is 0 Å². The van der Waals surface area contributed by atoms with E-state index in [2.05, 4.69) is 26.8 Å². The highest BCUT2D eigenvalue weighted by atomic mass is 16.6. The van der Waals surface area contributed by atoms with Crippen LogP contribution in [0.2, 0.25) is 0 Å². The van der Waals surface area contributed by atoms with Crippen molar-refractivity contribution in [3.63, 3.8) is 0 Å². The number of hydrogen-bond donors (Lipinski definition) is 2. The van der Waals surface area contributed by atoms with Crippen molar-refractivity contribution in [2.24, 2.45) is 5.41 Å². The molecule has 2 rings (SSSR count). The van der Waals surface area contributed by atoms with Crippen molar-refractivity contribution in [3.05, 3.63) is 23.8 Å². The normalized spacial score (nSPS) is 43.0. The largest absolute Gasteiger partial charge is 0.393 e. The molecule has 0 aromatic rings. The molecular weight excluding hydrogens is 228 g/mol. The second-order valence-electron chi connectivity index (χ2n) is 6.48. The van der Waals surface area contributed by atoms with Crippen LogP contribution in [0.25, 0.3) is 0 Å². The summed E-state index contributed by atoms with van der Waals surface area (Å²) in [6, 6.07) is 0. The van der Waals surface area contributed by atoms with Crippen molar-refractivity contribution in [3.8, 4) is 0 Å². The molecule has 2 aliphatic rings.